The molecule has 0 unspecified atom stereocenters. The highest BCUT2D eigenvalue weighted by atomic mass is 79.9. The largest absolute Gasteiger partial charge is 0.365 e. The molecule has 0 aromatic heterocycles. The summed E-state index contributed by atoms with van der Waals surface area (Å²) in [5.41, 5.74) is 2.73. The minimum absolute atomic E-state index is 0.0132. The van der Waals surface area contributed by atoms with Crippen molar-refractivity contribution >= 4 is 15.9 Å². The Balaban J connectivity index is 2.09. The molecule has 1 saturated heterocycles. The highest BCUT2D eigenvalue weighted by Crippen LogP contribution is 2.45. The van der Waals surface area contributed by atoms with Gasteiger partial charge in [0.15, 0.2) is 0 Å². The van der Waals surface area contributed by atoms with E-state index in [0.29, 0.717) is 0 Å². The maximum Gasteiger partial charge on any atom is 0.0974 e. The second kappa shape index (κ2) is 3.58. The molecule has 0 bridgehead atoms. The Hall–Kier alpha value is -0.380. The van der Waals surface area contributed by atoms with Gasteiger partial charge < -0.3 is 10.1 Å². The second-order valence-electron chi connectivity index (χ2n) is 4.31. The van der Waals surface area contributed by atoms with Crippen LogP contribution in [0.1, 0.15) is 24.0 Å². The number of benzene rings is 1. The van der Waals surface area contributed by atoms with Gasteiger partial charge >= 0.3 is 0 Å². The number of nitrogens with one attached hydrogen (secondary N) is 1. The van der Waals surface area contributed by atoms with Gasteiger partial charge in [0.05, 0.1) is 12.2 Å². The van der Waals surface area contributed by atoms with Gasteiger partial charge in [0.1, 0.15) is 0 Å². The first-order valence-corrected chi connectivity index (χ1v) is 6.24. The fourth-order valence-corrected chi connectivity index (χ4v) is 3.48. The van der Waals surface area contributed by atoms with E-state index in [1.165, 1.54) is 15.6 Å². The van der Waals surface area contributed by atoms with E-state index in [4.69, 9.17) is 4.74 Å². The summed E-state index contributed by atoms with van der Waals surface area (Å²) in [4.78, 5) is 0. The van der Waals surface area contributed by atoms with Gasteiger partial charge in [0.25, 0.3) is 0 Å². The van der Waals surface area contributed by atoms with Crippen LogP contribution in [0, 0.1) is 0 Å². The molecule has 0 radical (unpaired) electrons. The van der Waals surface area contributed by atoms with Crippen molar-refractivity contribution in [1.29, 1.82) is 0 Å². The summed E-state index contributed by atoms with van der Waals surface area (Å²) in [6.07, 6.45) is 2.17. The van der Waals surface area contributed by atoms with Gasteiger partial charge in [-0.25, -0.2) is 0 Å². The quantitative estimate of drug-likeness (QED) is 0.780. The third-order valence-corrected chi connectivity index (χ3v) is 4.13. The van der Waals surface area contributed by atoms with Crippen LogP contribution in [0.15, 0.2) is 22.7 Å². The molecule has 1 aromatic carbocycles. The Kier molecular flexibility index (Phi) is 2.34. The van der Waals surface area contributed by atoms with Gasteiger partial charge in [0, 0.05) is 10.0 Å². The Bertz CT molecular complexity index is 380. The van der Waals surface area contributed by atoms with Gasteiger partial charge in [0.2, 0.25) is 0 Å². The monoisotopic (exact) mass is 267 g/mol. The number of halogens is 1. The fourth-order valence-electron chi connectivity index (χ4n) is 2.71. The zero-order valence-electron chi connectivity index (χ0n) is 8.55. The first-order valence-electron chi connectivity index (χ1n) is 5.44. The van der Waals surface area contributed by atoms with E-state index < -0.39 is 0 Å². The molecule has 0 amide bonds. The van der Waals surface area contributed by atoms with E-state index in [1.807, 2.05) is 0 Å². The number of hydrogen-bond acceptors (Lipinski definition) is 2. The Morgan fingerprint density at radius 2 is 2.07 bits per heavy atom. The van der Waals surface area contributed by atoms with Crippen molar-refractivity contribution in [3.8, 4) is 0 Å². The molecule has 0 atom stereocenters. The number of rotatable bonds is 0. The van der Waals surface area contributed by atoms with Gasteiger partial charge in [-0.3, -0.25) is 0 Å². The van der Waals surface area contributed by atoms with Crippen LogP contribution >= 0.6 is 15.9 Å². The molecule has 1 aromatic rings. The molecule has 0 aliphatic carbocycles. The molecule has 2 aliphatic heterocycles. The summed E-state index contributed by atoms with van der Waals surface area (Å²) in [5.74, 6) is 0. The lowest BCUT2D eigenvalue weighted by Crippen LogP contribution is -2.39. The summed E-state index contributed by atoms with van der Waals surface area (Å²) < 4.78 is 7.27. The maximum absolute atomic E-state index is 6.06. The van der Waals surface area contributed by atoms with E-state index in [2.05, 4.69) is 39.4 Å². The highest BCUT2D eigenvalue weighted by molar-refractivity contribution is 9.10. The molecule has 2 heterocycles. The average molecular weight is 268 g/mol. The standard InChI is InChI=1S/C12H14BrNO/c13-10-3-1-2-9-8-15-12(11(9)10)4-6-14-7-5-12/h1-3,14H,4-8H2. The summed E-state index contributed by atoms with van der Waals surface area (Å²) in [6.45, 7) is 2.89. The normalized spacial score (nSPS) is 23.0. The van der Waals surface area contributed by atoms with Gasteiger partial charge in [-0.1, -0.05) is 28.1 Å². The highest BCUT2D eigenvalue weighted by Gasteiger charge is 2.42. The second-order valence-corrected chi connectivity index (χ2v) is 5.16. The average Bonchev–Trinajstić information content (AvgIpc) is 2.60. The van der Waals surface area contributed by atoms with Crippen molar-refractivity contribution in [2.75, 3.05) is 13.1 Å². The summed E-state index contributed by atoms with van der Waals surface area (Å²) in [7, 11) is 0. The van der Waals surface area contributed by atoms with E-state index in [0.717, 1.165) is 32.5 Å². The van der Waals surface area contributed by atoms with Crippen molar-refractivity contribution in [3.63, 3.8) is 0 Å². The van der Waals surface area contributed by atoms with E-state index >= 15 is 0 Å². The zero-order chi connectivity index (χ0) is 10.3. The third-order valence-electron chi connectivity index (χ3n) is 3.47. The lowest BCUT2D eigenvalue weighted by Gasteiger charge is -2.34. The molecule has 3 rings (SSSR count). The van der Waals surface area contributed by atoms with Crippen molar-refractivity contribution in [3.05, 3.63) is 33.8 Å². The predicted octanol–water partition coefficient (Wildman–Crippen LogP) is 2.56. The van der Waals surface area contributed by atoms with Crippen molar-refractivity contribution in [1.82, 2.24) is 5.32 Å². The van der Waals surface area contributed by atoms with Crippen LogP contribution in [0.3, 0.4) is 0 Å². The van der Waals surface area contributed by atoms with Crippen LogP contribution in [0.4, 0.5) is 0 Å². The van der Waals surface area contributed by atoms with Crippen LogP contribution in [0.5, 0.6) is 0 Å². The molecule has 15 heavy (non-hydrogen) atoms. The summed E-state index contributed by atoms with van der Waals surface area (Å²) in [5, 5.41) is 3.39. The Morgan fingerprint density at radius 1 is 1.27 bits per heavy atom. The van der Waals surface area contributed by atoms with E-state index in [1.54, 1.807) is 0 Å². The molecular formula is C12H14BrNO. The maximum atomic E-state index is 6.06. The molecule has 0 saturated carbocycles. The van der Waals surface area contributed by atoms with E-state index in [-0.39, 0.29) is 5.60 Å². The lowest BCUT2D eigenvalue weighted by atomic mass is 9.84. The Morgan fingerprint density at radius 3 is 2.87 bits per heavy atom. The zero-order valence-corrected chi connectivity index (χ0v) is 10.1. The number of ether oxygens (including phenoxy) is 1. The molecule has 2 nitrogen and oxygen atoms in total. The van der Waals surface area contributed by atoms with Crippen LogP contribution < -0.4 is 5.32 Å². The smallest absolute Gasteiger partial charge is 0.0974 e. The molecule has 1 N–H and O–H groups in total. The van der Waals surface area contributed by atoms with Crippen molar-refractivity contribution < 1.29 is 4.74 Å². The fraction of sp³-hybridized carbons (Fsp3) is 0.500. The predicted molar refractivity (Wildman–Crippen MR) is 62.7 cm³/mol. The number of piperidine rings is 1. The molecule has 1 spiro atoms. The first kappa shape index (κ1) is 9.82. The summed E-state index contributed by atoms with van der Waals surface area (Å²) in [6, 6.07) is 6.39. The lowest BCUT2D eigenvalue weighted by molar-refractivity contribution is -0.0593. The Labute approximate surface area is 98.1 Å². The molecular weight excluding hydrogens is 254 g/mol. The first-order chi connectivity index (χ1) is 7.32. The van der Waals surface area contributed by atoms with Crippen LogP contribution in [0.25, 0.3) is 0 Å². The van der Waals surface area contributed by atoms with Gasteiger partial charge in [-0.05, 0) is 37.6 Å². The minimum Gasteiger partial charge on any atom is -0.365 e. The van der Waals surface area contributed by atoms with Crippen LogP contribution in [-0.2, 0) is 16.9 Å². The topological polar surface area (TPSA) is 21.3 Å². The van der Waals surface area contributed by atoms with Gasteiger partial charge in [-0.15, -0.1) is 0 Å². The van der Waals surface area contributed by atoms with Crippen molar-refractivity contribution in [2.24, 2.45) is 0 Å². The minimum atomic E-state index is -0.0132. The molecule has 3 heteroatoms. The molecule has 2 aliphatic rings. The summed E-state index contributed by atoms with van der Waals surface area (Å²) >= 11 is 3.66. The molecule has 1 fully saturated rings. The number of hydrogen-bond donors (Lipinski definition) is 1. The SMILES string of the molecule is Brc1cccc2c1C1(CCNCC1)OC2. The molecule has 80 valence electrons. The van der Waals surface area contributed by atoms with Crippen LogP contribution in [-0.4, -0.2) is 13.1 Å². The van der Waals surface area contributed by atoms with Gasteiger partial charge in [-0.2, -0.15) is 0 Å². The van der Waals surface area contributed by atoms with Crippen LogP contribution in [0.2, 0.25) is 0 Å². The number of fused-ring (bicyclic) bond motifs is 2. The van der Waals surface area contributed by atoms with Crippen molar-refractivity contribution in [2.45, 2.75) is 25.0 Å². The third kappa shape index (κ3) is 1.45. The van der Waals surface area contributed by atoms with E-state index in [9.17, 15) is 0 Å².